The topological polar surface area (TPSA) is 69.2 Å². The van der Waals surface area contributed by atoms with E-state index >= 15 is 0 Å². The van der Waals surface area contributed by atoms with Crippen LogP contribution in [0.1, 0.15) is 72.1 Å². The summed E-state index contributed by atoms with van der Waals surface area (Å²) in [6.45, 7) is 12.8. The third-order valence-electron chi connectivity index (χ3n) is 5.79. The molecule has 1 saturated heterocycles. The molecule has 0 atom stereocenters. The van der Waals surface area contributed by atoms with E-state index < -0.39 is 0 Å². The number of nitrogens with zero attached hydrogens (tertiary/aromatic N) is 3. The van der Waals surface area contributed by atoms with Gasteiger partial charge in [-0.3, -0.25) is 14.7 Å². The van der Waals surface area contributed by atoms with Gasteiger partial charge < -0.3 is 20.3 Å². The predicted molar refractivity (Wildman–Crippen MR) is 124 cm³/mol. The van der Waals surface area contributed by atoms with Crippen LogP contribution in [0, 0.1) is 0 Å². The van der Waals surface area contributed by atoms with Crippen molar-refractivity contribution in [1.29, 1.82) is 0 Å². The molecule has 2 fully saturated rings. The first-order valence-electron chi connectivity index (χ1n) is 12.2. The van der Waals surface area contributed by atoms with Gasteiger partial charge in [0.15, 0.2) is 5.96 Å². The van der Waals surface area contributed by atoms with Gasteiger partial charge in [-0.05, 0) is 46.5 Å². The lowest BCUT2D eigenvalue weighted by atomic mass is 10.1. The number of guanidine groups is 1. The molecule has 30 heavy (non-hydrogen) atoms. The van der Waals surface area contributed by atoms with E-state index in [0.29, 0.717) is 12.6 Å². The van der Waals surface area contributed by atoms with Crippen LogP contribution in [0.5, 0.6) is 0 Å². The molecule has 2 aliphatic rings. The largest absolute Gasteiger partial charge is 0.378 e. The Bertz CT molecular complexity index is 496. The third kappa shape index (κ3) is 10.1. The van der Waals surface area contributed by atoms with Gasteiger partial charge in [0.05, 0.1) is 12.6 Å². The van der Waals surface area contributed by atoms with Crippen LogP contribution in [0.4, 0.5) is 0 Å². The van der Waals surface area contributed by atoms with Crippen molar-refractivity contribution in [3.8, 4) is 0 Å². The Kier molecular flexibility index (Phi) is 12.2. The number of carbonyl (C=O) groups excluding carboxylic acids is 1. The summed E-state index contributed by atoms with van der Waals surface area (Å²) < 4.78 is 6.09. The standard InChI is InChI=1S/C23H45N5O2/c1-4-24-23(25-13-9-10-18-30-21-11-7-5-6-8-12-21)28-16-14-27(15-17-28)19-22(29)26-20(2)3/h20-21H,4-19H2,1-3H3,(H,24,25)(H,26,29). The number of aliphatic imine (C=N–C) groups is 1. The number of hydrogen-bond donors (Lipinski definition) is 2. The highest BCUT2D eigenvalue weighted by Crippen LogP contribution is 2.19. The Hall–Kier alpha value is -1.34. The highest BCUT2D eigenvalue weighted by atomic mass is 16.5. The van der Waals surface area contributed by atoms with Crippen LogP contribution in [0.3, 0.4) is 0 Å². The fraction of sp³-hybridized carbons (Fsp3) is 0.913. The molecule has 0 spiro atoms. The van der Waals surface area contributed by atoms with Gasteiger partial charge >= 0.3 is 0 Å². The number of amides is 1. The maximum Gasteiger partial charge on any atom is 0.234 e. The molecule has 0 aromatic heterocycles. The molecule has 1 aliphatic heterocycles. The lowest BCUT2D eigenvalue weighted by molar-refractivity contribution is -0.123. The van der Waals surface area contributed by atoms with Gasteiger partial charge in [-0.25, -0.2) is 0 Å². The summed E-state index contributed by atoms with van der Waals surface area (Å²) in [4.78, 5) is 21.4. The molecule has 0 radical (unpaired) electrons. The van der Waals surface area contributed by atoms with Crippen molar-refractivity contribution in [3.05, 3.63) is 0 Å². The maximum absolute atomic E-state index is 12.0. The van der Waals surface area contributed by atoms with Crippen molar-refractivity contribution < 1.29 is 9.53 Å². The molecule has 0 bridgehead atoms. The minimum absolute atomic E-state index is 0.116. The van der Waals surface area contributed by atoms with E-state index in [1.807, 2.05) is 13.8 Å². The molecule has 1 heterocycles. The SMILES string of the molecule is CCNC(=NCCCCOC1CCCCCC1)N1CCN(CC(=O)NC(C)C)CC1. The second-order valence-corrected chi connectivity index (χ2v) is 8.91. The molecule has 0 aromatic rings. The van der Waals surface area contributed by atoms with E-state index in [0.717, 1.165) is 64.7 Å². The minimum atomic E-state index is 0.116. The average molecular weight is 424 g/mol. The smallest absolute Gasteiger partial charge is 0.234 e. The zero-order valence-electron chi connectivity index (χ0n) is 19.6. The van der Waals surface area contributed by atoms with Crippen molar-refractivity contribution in [3.63, 3.8) is 0 Å². The van der Waals surface area contributed by atoms with Gasteiger partial charge in [0.1, 0.15) is 0 Å². The zero-order valence-corrected chi connectivity index (χ0v) is 19.6. The molecule has 0 aromatic carbocycles. The van der Waals surface area contributed by atoms with E-state index in [1.54, 1.807) is 0 Å². The summed E-state index contributed by atoms with van der Waals surface area (Å²) >= 11 is 0. The van der Waals surface area contributed by atoms with Crippen LogP contribution < -0.4 is 10.6 Å². The van der Waals surface area contributed by atoms with Crippen LogP contribution in [0.15, 0.2) is 4.99 Å². The van der Waals surface area contributed by atoms with Gasteiger partial charge in [-0.2, -0.15) is 0 Å². The number of ether oxygens (including phenoxy) is 1. The van der Waals surface area contributed by atoms with Crippen molar-refractivity contribution in [1.82, 2.24) is 20.4 Å². The van der Waals surface area contributed by atoms with Crippen LogP contribution in [0.2, 0.25) is 0 Å². The van der Waals surface area contributed by atoms with Gasteiger partial charge in [0.2, 0.25) is 5.91 Å². The van der Waals surface area contributed by atoms with Gasteiger partial charge in [0, 0.05) is 51.9 Å². The van der Waals surface area contributed by atoms with Crippen LogP contribution in [-0.4, -0.2) is 86.2 Å². The number of unbranched alkanes of at least 4 members (excludes halogenated alkanes) is 1. The Morgan fingerprint density at radius 1 is 1.07 bits per heavy atom. The molecule has 0 unspecified atom stereocenters. The normalized spacial score (nSPS) is 19.7. The summed E-state index contributed by atoms with van der Waals surface area (Å²) in [6, 6.07) is 0.198. The first-order valence-corrected chi connectivity index (χ1v) is 12.2. The highest BCUT2D eigenvalue weighted by Gasteiger charge is 2.21. The molecule has 7 nitrogen and oxygen atoms in total. The van der Waals surface area contributed by atoms with Crippen LogP contribution in [-0.2, 0) is 9.53 Å². The predicted octanol–water partition coefficient (Wildman–Crippen LogP) is 2.61. The number of piperazine rings is 1. The highest BCUT2D eigenvalue weighted by molar-refractivity contribution is 5.80. The molecule has 7 heteroatoms. The summed E-state index contributed by atoms with van der Waals surface area (Å²) in [5.74, 6) is 1.12. The fourth-order valence-electron chi connectivity index (χ4n) is 4.17. The molecular formula is C23H45N5O2. The van der Waals surface area contributed by atoms with Crippen LogP contribution in [0.25, 0.3) is 0 Å². The number of carbonyl (C=O) groups is 1. The molecule has 174 valence electrons. The van der Waals surface area contributed by atoms with Crippen molar-refractivity contribution in [2.75, 3.05) is 52.4 Å². The minimum Gasteiger partial charge on any atom is -0.378 e. The number of rotatable bonds is 10. The molecular weight excluding hydrogens is 378 g/mol. The summed E-state index contributed by atoms with van der Waals surface area (Å²) in [6.07, 6.45) is 10.5. The van der Waals surface area contributed by atoms with E-state index in [4.69, 9.17) is 9.73 Å². The van der Waals surface area contributed by atoms with Gasteiger partial charge in [0.25, 0.3) is 0 Å². The van der Waals surface area contributed by atoms with E-state index in [-0.39, 0.29) is 11.9 Å². The Morgan fingerprint density at radius 2 is 1.77 bits per heavy atom. The lowest BCUT2D eigenvalue weighted by Crippen LogP contribution is -2.54. The van der Waals surface area contributed by atoms with Gasteiger partial charge in [-0.1, -0.05) is 25.7 Å². The van der Waals surface area contributed by atoms with Crippen molar-refractivity contribution in [2.45, 2.75) is 84.3 Å². The molecule has 1 aliphatic carbocycles. The number of nitrogens with one attached hydrogen (secondary N) is 2. The molecule has 2 rings (SSSR count). The fourth-order valence-corrected chi connectivity index (χ4v) is 4.17. The Labute approximate surface area is 184 Å². The van der Waals surface area contributed by atoms with Crippen molar-refractivity contribution >= 4 is 11.9 Å². The van der Waals surface area contributed by atoms with E-state index in [9.17, 15) is 4.79 Å². The van der Waals surface area contributed by atoms with Gasteiger partial charge in [-0.15, -0.1) is 0 Å². The first-order chi connectivity index (χ1) is 14.6. The molecule has 1 amide bonds. The maximum atomic E-state index is 12.0. The monoisotopic (exact) mass is 423 g/mol. The summed E-state index contributed by atoms with van der Waals surface area (Å²) in [5.41, 5.74) is 0. The zero-order chi connectivity index (χ0) is 21.6. The second kappa shape index (κ2) is 14.6. The Balaban J connectivity index is 1.64. The molecule has 2 N–H and O–H groups in total. The van der Waals surface area contributed by atoms with E-state index in [2.05, 4.69) is 27.4 Å². The number of hydrogen-bond acceptors (Lipinski definition) is 4. The second-order valence-electron chi connectivity index (χ2n) is 8.91. The van der Waals surface area contributed by atoms with E-state index in [1.165, 1.54) is 38.5 Å². The average Bonchev–Trinajstić information content (AvgIpc) is 2.98. The first kappa shape index (κ1) is 24.9. The third-order valence-corrected chi connectivity index (χ3v) is 5.79. The lowest BCUT2D eigenvalue weighted by Gasteiger charge is -2.36. The molecule has 1 saturated carbocycles. The summed E-state index contributed by atoms with van der Waals surface area (Å²) in [7, 11) is 0. The van der Waals surface area contributed by atoms with Crippen LogP contribution >= 0.6 is 0 Å². The van der Waals surface area contributed by atoms with Crippen molar-refractivity contribution in [2.24, 2.45) is 4.99 Å². The quantitative estimate of drug-likeness (QED) is 0.245. The Morgan fingerprint density at radius 3 is 2.40 bits per heavy atom. The summed E-state index contributed by atoms with van der Waals surface area (Å²) in [5, 5.41) is 6.40.